The third-order valence-corrected chi connectivity index (χ3v) is 4.02. The molecule has 2 atom stereocenters. The average molecular weight is 301 g/mol. The average Bonchev–Trinajstić information content (AvgIpc) is 2.96. The van der Waals surface area contributed by atoms with Gasteiger partial charge in [0.2, 0.25) is 5.91 Å². The molecule has 2 N–H and O–H groups in total. The van der Waals surface area contributed by atoms with Crippen LogP contribution in [0.2, 0.25) is 0 Å². The molecule has 22 heavy (non-hydrogen) atoms. The molecule has 0 aromatic heterocycles. The van der Waals surface area contributed by atoms with Crippen LogP contribution in [0.5, 0.6) is 0 Å². The summed E-state index contributed by atoms with van der Waals surface area (Å²) in [5, 5.41) is 12.1. The molecule has 0 aliphatic heterocycles. The highest BCUT2D eigenvalue weighted by atomic mass is 16.4. The van der Waals surface area contributed by atoms with Crippen molar-refractivity contribution in [2.45, 2.75) is 32.6 Å². The molecule has 0 saturated carbocycles. The minimum absolute atomic E-state index is 0.0629. The summed E-state index contributed by atoms with van der Waals surface area (Å²) in [6.45, 7) is 2.16. The fourth-order valence-corrected chi connectivity index (χ4v) is 2.78. The van der Waals surface area contributed by atoms with Gasteiger partial charge in [0.05, 0.1) is 5.92 Å². The number of aliphatic carboxylic acids is 1. The van der Waals surface area contributed by atoms with Crippen molar-refractivity contribution in [3.05, 3.63) is 47.5 Å². The zero-order valence-electron chi connectivity index (χ0n) is 12.9. The van der Waals surface area contributed by atoms with Crippen LogP contribution in [0.25, 0.3) is 0 Å². The summed E-state index contributed by atoms with van der Waals surface area (Å²) in [4.78, 5) is 23.3. The molecule has 0 fully saturated rings. The summed E-state index contributed by atoms with van der Waals surface area (Å²) in [5.74, 6) is -1.22. The van der Waals surface area contributed by atoms with Crippen molar-refractivity contribution >= 4 is 11.9 Å². The molecule has 1 aromatic carbocycles. The first-order valence-corrected chi connectivity index (χ1v) is 7.76. The summed E-state index contributed by atoms with van der Waals surface area (Å²) < 4.78 is 0. The number of benzene rings is 1. The highest BCUT2D eigenvalue weighted by molar-refractivity contribution is 5.78. The molecule has 2 rings (SSSR count). The molecule has 4 nitrogen and oxygen atoms in total. The van der Waals surface area contributed by atoms with E-state index < -0.39 is 11.9 Å². The van der Waals surface area contributed by atoms with Crippen LogP contribution >= 0.6 is 0 Å². The second kappa shape index (κ2) is 7.78. The van der Waals surface area contributed by atoms with Crippen molar-refractivity contribution in [3.63, 3.8) is 0 Å². The van der Waals surface area contributed by atoms with Crippen molar-refractivity contribution < 1.29 is 14.7 Å². The van der Waals surface area contributed by atoms with Crippen LogP contribution in [-0.2, 0) is 16.0 Å². The molecule has 0 bridgehead atoms. The molecule has 1 amide bonds. The number of amides is 1. The highest BCUT2D eigenvalue weighted by Crippen LogP contribution is 2.20. The topological polar surface area (TPSA) is 66.4 Å². The lowest BCUT2D eigenvalue weighted by Gasteiger charge is -2.15. The quantitative estimate of drug-likeness (QED) is 0.761. The fourth-order valence-electron chi connectivity index (χ4n) is 2.78. The first-order chi connectivity index (χ1) is 10.5. The van der Waals surface area contributed by atoms with E-state index in [0.717, 1.165) is 24.0 Å². The van der Waals surface area contributed by atoms with Gasteiger partial charge in [-0.25, -0.2) is 0 Å². The Kier molecular flexibility index (Phi) is 5.75. The third-order valence-electron chi connectivity index (χ3n) is 4.02. The summed E-state index contributed by atoms with van der Waals surface area (Å²) in [7, 11) is 0. The van der Waals surface area contributed by atoms with Crippen molar-refractivity contribution in [2.75, 3.05) is 6.54 Å². The minimum Gasteiger partial charge on any atom is -0.481 e. The van der Waals surface area contributed by atoms with Crippen LogP contribution in [0.15, 0.2) is 36.4 Å². The molecule has 0 spiro atoms. The number of hydrogen-bond donors (Lipinski definition) is 2. The number of hydrogen-bond acceptors (Lipinski definition) is 2. The van der Waals surface area contributed by atoms with E-state index in [0.29, 0.717) is 18.8 Å². The van der Waals surface area contributed by atoms with Gasteiger partial charge in [-0.1, -0.05) is 42.0 Å². The third kappa shape index (κ3) is 5.02. The summed E-state index contributed by atoms with van der Waals surface area (Å²) in [6.07, 6.45) is 7.09. The Morgan fingerprint density at radius 3 is 2.86 bits per heavy atom. The Labute approximate surface area is 131 Å². The van der Waals surface area contributed by atoms with Gasteiger partial charge in [-0.3, -0.25) is 9.59 Å². The van der Waals surface area contributed by atoms with Gasteiger partial charge in [0.15, 0.2) is 0 Å². The molecule has 1 aromatic rings. The van der Waals surface area contributed by atoms with Gasteiger partial charge in [-0.2, -0.15) is 0 Å². The molecule has 118 valence electrons. The maximum Gasteiger partial charge on any atom is 0.308 e. The van der Waals surface area contributed by atoms with E-state index in [1.165, 1.54) is 0 Å². The van der Waals surface area contributed by atoms with E-state index >= 15 is 0 Å². The monoisotopic (exact) mass is 301 g/mol. The molecule has 0 heterocycles. The van der Waals surface area contributed by atoms with E-state index in [1.807, 2.05) is 31.2 Å². The zero-order chi connectivity index (χ0) is 15.9. The fraction of sp³-hybridized carbons (Fsp3) is 0.444. The lowest BCUT2D eigenvalue weighted by Crippen LogP contribution is -2.34. The second-order valence-corrected chi connectivity index (χ2v) is 6.00. The van der Waals surface area contributed by atoms with E-state index in [9.17, 15) is 14.7 Å². The van der Waals surface area contributed by atoms with Crippen molar-refractivity contribution in [1.82, 2.24) is 5.32 Å². The lowest BCUT2D eigenvalue weighted by atomic mass is 9.98. The predicted molar refractivity (Wildman–Crippen MR) is 85.5 cm³/mol. The van der Waals surface area contributed by atoms with Crippen molar-refractivity contribution in [3.8, 4) is 0 Å². The molecule has 0 saturated heterocycles. The van der Waals surface area contributed by atoms with Gasteiger partial charge < -0.3 is 10.4 Å². The normalized spacial score (nSPS) is 18.1. The predicted octanol–water partition coefficient (Wildman–Crippen LogP) is 2.71. The van der Waals surface area contributed by atoms with Gasteiger partial charge in [-0.05, 0) is 37.7 Å². The van der Waals surface area contributed by atoms with Crippen LogP contribution in [0, 0.1) is 18.8 Å². The maximum atomic E-state index is 11.9. The van der Waals surface area contributed by atoms with E-state index in [-0.39, 0.29) is 12.5 Å². The molecule has 0 radical (unpaired) electrons. The highest BCUT2D eigenvalue weighted by Gasteiger charge is 2.20. The van der Waals surface area contributed by atoms with E-state index in [2.05, 4.69) is 17.5 Å². The Bertz CT molecular complexity index is 565. The number of nitrogens with one attached hydrogen (secondary N) is 1. The minimum atomic E-state index is -0.873. The maximum absolute atomic E-state index is 11.9. The Balaban J connectivity index is 1.84. The standard InChI is InChI=1S/C18H23NO3/c1-13-5-4-8-15(9-13)10-16(18(21)22)12-19-17(20)11-14-6-2-3-7-14/h2,4-6,8-9,14,16H,3,7,10-12H2,1H3,(H,19,20)(H,21,22)/t14-,16+/m1/s1. The van der Waals surface area contributed by atoms with Crippen LogP contribution in [-0.4, -0.2) is 23.5 Å². The number of aryl methyl sites for hydroxylation is 1. The summed E-state index contributed by atoms with van der Waals surface area (Å²) in [6, 6.07) is 7.82. The number of carboxylic acid groups (broad SMARTS) is 1. The molecular formula is C18H23NO3. The molecule has 4 heteroatoms. The van der Waals surface area contributed by atoms with Crippen LogP contribution in [0.1, 0.15) is 30.4 Å². The van der Waals surface area contributed by atoms with Crippen molar-refractivity contribution in [2.24, 2.45) is 11.8 Å². The number of carbonyl (C=O) groups excluding carboxylic acids is 1. The number of allylic oxidation sites excluding steroid dienone is 2. The Morgan fingerprint density at radius 1 is 1.41 bits per heavy atom. The lowest BCUT2D eigenvalue weighted by molar-refractivity contribution is -0.141. The summed E-state index contributed by atoms with van der Waals surface area (Å²) in [5.41, 5.74) is 2.10. The van der Waals surface area contributed by atoms with Gasteiger partial charge in [0.25, 0.3) is 0 Å². The SMILES string of the molecule is Cc1cccc(C[C@@H](CNC(=O)C[C@@H]2C=CCC2)C(=O)O)c1. The van der Waals surface area contributed by atoms with Crippen LogP contribution < -0.4 is 5.32 Å². The molecule has 1 aliphatic carbocycles. The van der Waals surface area contributed by atoms with Gasteiger partial charge >= 0.3 is 5.97 Å². The van der Waals surface area contributed by atoms with E-state index in [1.54, 1.807) is 0 Å². The van der Waals surface area contributed by atoms with Crippen LogP contribution in [0.3, 0.4) is 0 Å². The van der Waals surface area contributed by atoms with Gasteiger partial charge in [0, 0.05) is 13.0 Å². The second-order valence-electron chi connectivity index (χ2n) is 6.00. The summed E-state index contributed by atoms with van der Waals surface area (Å²) >= 11 is 0. The Morgan fingerprint density at radius 2 is 2.23 bits per heavy atom. The zero-order valence-corrected chi connectivity index (χ0v) is 12.9. The number of rotatable bonds is 7. The van der Waals surface area contributed by atoms with Gasteiger partial charge in [0.1, 0.15) is 0 Å². The van der Waals surface area contributed by atoms with Crippen molar-refractivity contribution in [1.29, 1.82) is 0 Å². The molecule has 1 aliphatic rings. The number of carbonyl (C=O) groups is 2. The Hall–Kier alpha value is -2.10. The van der Waals surface area contributed by atoms with Gasteiger partial charge in [-0.15, -0.1) is 0 Å². The molecule has 0 unspecified atom stereocenters. The largest absolute Gasteiger partial charge is 0.481 e. The molecular weight excluding hydrogens is 278 g/mol. The first-order valence-electron chi connectivity index (χ1n) is 7.76. The van der Waals surface area contributed by atoms with E-state index in [4.69, 9.17) is 0 Å². The number of carboxylic acids is 1. The van der Waals surface area contributed by atoms with Crippen LogP contribution in [0.4, 0.5) is 0 Å². The first kappa shape index (κ1) is 16.3. The smallest absolute Gasteiger partial charge is 0.308 e.